The van der Waals surface area contributed by atoms with Gasteiger partial charge in [-0.15, -0.1) is 0 Å². The number of sulfone groups is 1. The molecule has 18 heavy (non-hydrogen) atoms. The zero-order valence-corrected chi connectivity index (χ0v) is 11.0. The van der Waals surface area contributed by atoms with Crippen molar-refractivity contribution in [2.75, 3.05) is 25.2 Å². The van der Waals surface area contributed by atoms with E-state index >= 15 is 0 Å². The Bertz CT molecular complexity index is 498. The lowest BCUT2D eigenvalue weighted by molar-refractivity contribution is 0.0955. The fourth-order valence-corrected chi connectivity index (χ4v) is 1.81. The monoisotopic (exact) mass is 273 g/mol. The van der Waals surface area contributed by atoms with E-state index in [1.54, 1.807) is 6.92 Å². The number of nitrogens with zero attached hydrogens (tertiary/aromatic N) is 2. The molecule has 1 rings (SSSR count). The van der Waals surface area contributed by atoms with E-state index < -0.39 is 15.7 Å². The molecule has 0 unspecified atom stereocenters. The lowest BCUT2D eigenvalue weighted by Crippen LogP contribution is -2.29. The molecule has 0 saturated heterocycles. The van der Waals surface area contributed by atoms with Gasteiger partial charge in [-0.2, -0.15) is 0 Å². The van der Waals surface area contributed by atoms with Crippen LogP contribution in [-0.2, 0) is 9.84 Å². The molecule has 1 amide bonds. The Morgan fingerprint density at radius 2 is 2.00 bits per heavy atom. The van der Waals surface area contributed by atoms with Crippen LogP contribution in [0.2, 0.25) is 0 Å². The maximum Gasteiger partial charge on any atom is 0.316 e. The standard InChI is InChI=1S/C10H15N3O4S/c1-3-18(15,16)5-4-11-9(14)8-6-12-10(17-2)13-7-8/h6-7H,3-5H2,1-2H3,(H,11,14). The van der Waals surface area contributed by atoms with Crippen molar-refractivity contribution in [1.29, 1.82) is 0 Å². The van der Waals surface area contributed by atoms with Gasteiger partial charge in [0.15, 0.2) is 9.84 Å². The molecule has 1 heterocycles. The van der Waals surface area contributed by atoms with E-state index in [9.17, 15) is 13.2 Å². The average Bonchev–Trinajstić information content (AvgIpc) is 2.38. The van der Waals surface area contributed by atoms with E-state index in [-0.39, 0.29) is 29.6 Å². The highest BCUT2D eigenvalue weighted by Gasteiger charge is 2.10. The van der Waals surface area contributed by atoms with Crippen LogP contribution in [0.15, 0.2) is 12.4 Å². The SMILES string of the molecule is CCS(=O)(=O)CCNC(=O)c1cnc(OC)nc1. The van der Waals surface area contributed by atoms with Gasteiger partial charge in [-0.05, 0) is 0 Å². The number of carbonyl (C=O) groups excluding carboxylic acids is 1. The Hall–Kier alpha value is -1.70. The second kappa shape index (κ2) is 6.29. The number of aromatic nitrogens is 2. The van der Waals surface area contributed by atoms with Gasteiger partial charge in [0.05, 0.1) is 18.4 Å². The van der Waals surface area contributed by atoms with Crippen LogP contribution < -0.4 is 10.1 Å². The number of carbonyl (C=O) groups is 1. The molecule has 1 N–H and O–H groups in total. The molecule has 0 bridgehead atoms. The van der Waals surface area contributed by atoms with E-state index in [0.717, 1.165) is 0 Å². The molecule has 1 aromatic rings. The molecule has 0 atom stereocenters. The Morgan fingerprint density at radius 1 is 1.39 bits per heavy atom. The van der Waals surface area contributed by atoms with Crippen molar-refractivity contribution in [1.82, 2.24) is 15.3 Å². The lowest BCUT2D eigenvalue weighted by atomic mass is 10.3. The summed E-state index contributed by atoms with van der Waals surface area (Å²) in [4.78, 5) is 19.1. The summed E-state index contributed by atoms with van der Waals surface area (Å²) in [7, 11) is -1.65. The number of ether oxygens (including phenoxy) is 1. The zero-order chi connectivity index (χ0) is 13.6. The van der Waals surface area contributed by atoms with Crippen LogP contribution in [0.1, 0.15) is 17.3 Å². The minimum Gasteiger partial charge on any atom is -0.467 e. The molecule has 8 heteroatoms. The molecule has 0 saturated carbocycles. The molecule has 0 spiro atoms. The van der Waals surface area contributed by atoms with Crippen LogP contribution in [0.4, 0.5) is 0 Å². The first kappa shape index (κ1) is 14.4. The van der Waals surface area contributed by atoms with Crippen LogP contribution in [-0.4, -0.2) is 49.5 Å². The largest absolute Gasteiger partial charge is 0.467 e. The van der Waals surface area contributed by atoms with Crippen molar-refractivity contribution in [3.8, 4) is 6.01 Å². The lowest BCUT2D eigenvalue weighted by Gasteiger charge is -2.05. The molecule has 100 valence electrons. The minimum atomic E-state index is -3.07. The van der Waals surface area contributed by atoms with Gasteiger partial charge < -0.3 is 10.1 Å². The summed E-state index contributed by atoms with van der Waals surface area (Å²) in [6.45, 7) is 1.63. The van der Waals surface area contributed by atoms with Gasteiger partial charge in [0, 0.05) is 24.7 Å². The number of nitrogens with one attached hydrogen (secondary N) is 1. The fourth-order valence-electron chi connectivity index (χ4n) is 1.11. The van der Waals surface area contributed by atoms with E-state index in [1.807, 2.05) is 0 Å². The van der Waals surface area contributed by atoms with Gasteiger partial charge in [-0.25, -0.2) is 18.4 Å². The van der Waals surface area contributed by atoms with E-state index in [4.69, 9.17) is 4.74 Å². The van der Waals surface area contributed by atoms with Crippen molar-refractivity contribution in [2.24, 2.45) is 0 Å². The number of amides is 1. The minimum absolute atomic E-state index is 0.0640. The summed E-state index contributed by atoms with van der Waals surface area (Å²) >= 11 is 0. The maximum absolute atomic E-state index is 11.6. The highest BCUT2D eigenvalue weighted by atomic mass is 32.2. The van der Waals surface area contributed by atoms with Crippen LogP contribution in [0, 0.1) is 0 Å². The van der Waals surface area contributed by atoms with Crippen molar-refractivity contribution in [2.45, 2.75) is 6.92 Å². The molecular weight excluding hydrogens is 258 g/mol. The fraction of sp³-hybridized carbons (Fsp3) is 0.500. The summed E-state index contributed by atoms with van der Waals surface area (Å²) in [5.41, 5.74) is 0.254. The third-order valence-corrected chi connectivity index (χ3v) is 3.92. The van der Waals surface area contributed by atoms with Gasteiger partial charge in [-0.1, -0.05) is 6.92 Å². The Balaban J connectivity index is 2.50. The predicted octanol–water partition coefficient (Wildman–Crippen LogP) is -0.350. The first-order valence-corrected chi connectivity index (χ1v) is 7.15. The molecule has 0 aliphatic heterocycles. The van der Waals surface area contributed by atoms with Crippen LogP contribution in [0.3, 0.4) is 0 Å². The summed E-state index contributed by atoms with van der Waals surface area (Å²) < 4.78 is 27.2. The Kier molecular flexibility index (Phi) is 5.02. The molecule has 0 radical (unpaired) electrons. The molecule has 0 aliphatic rings. The van der Waals surface area contributed by atoms with Gasteiger partial charge in [-0.3, -0.25) is 4.79 Å². The number of hydrogen-bond acceptors (Lipinski definition) is 6. The van der Waals surface area contributed by atoms with Crippen molar-refractivity contribution < 1.29 is 17.9 Å². The van der Waals surface area contributed by atoms with Gasteiger partial charge in [0.25, 0.3) is 5.91 Å². The second-order valence-corrected chi connectivity index (χ2v) is 5.92. The summed E-state index contributed by atoms with van der Waals surface area (Å²) in [5.74, 6) is -0.426. The van der Waals surface area contributed by atoms with Crippen LogP contribution in [0.25, 0.3) is 0 Å². The number of methoxy groups -OCH3 is 1. The van der Waals surface area contributed by atoms with E-state index in [1.165, 1.54) is 19.5 Å². The van der Waals surface area contributed by atoms with Crippen molar-refractivity contribution >= 4 is 15.7 Å². The third kappa shape index (κ3) is 4.28. The Labute approximate surface area is 106 Å². The van der Waals surface area contributed by atoms with Crippen LogP contribution >= 0.6 is 0 Å². The first-order valence-electron chi connectivity index (χ1n) is 5.33. The average molecular weight is 273 g/mol. The summed E-state index contributed by atoms with van der Waals surface area (Å²) in [6.07, 6.45) is 2.63. The molecule has 7 nitrogen and oxygen atoms in total. The van der Waals surface area contributed by atoms with E-state index in [0.29, 0.717) is 0 Å². The molecule has 1 aromatic heterocycles. The maximum atomic E-state index is 11.6. The number of rotatable bonds is 6. The van der Waals surface area contributed by atoms with E-state index in [2.05, 4.69) is 15.3 Å². The second-order valence-electron chi connectivity index (χ2n) is 3.45. The summed E-state index contributed by atoms with van der Waals surface area (Å²) in [6, 6.07) is 0.167. The highest BCUT2D eigenvalue weighted by molar-refractivity contribution is 7.91. The van der Waals surface area contributed by atoms with Gasteiger partial charge in [0.1, 0.15) is 0 Å². The summed E-state index contributed by atoms with van der Waals surface area (Å²) in [5, 5.41) is 2.49. The quantitative estimate of drug-likeness (QED) is 0.760. The molecule has 0 aromatic carbocycles. The topological polar surface area (TPSA) is 98.2 Å². The normalized spacial score (nSPS) is 11.0. The zero-order valence-electron chi connectivity index (χ0n) is 10.2. The first-order chi connectivity index (χ1) is 8.48. The molecule has 0 aliphatic carbocycles. The van der Waals surface area contributed by atoms with Crippen LogP contribution in [0.5, 0.6) is 6.01 Å². The van der Waals surface area contributed by atoms with Crippen molar-refractivity contribution in [3.63, 3.8) is 0 Å². The molecule has 0 fully saturated rings. The van der Waals surface area contributed by atoms with Gasteiger partial charge >= 0.3 is 6.01 Å². The molecular formula is C10H15N3O4S. The Morgan fingerprint density at radius 3 is 2.50 bits per heavy atom. The smallest absolute Gasteiger partial charge is 0.316 e. The highest BCUT2D eigenvalue weighted by Crippen LogP contribution is 2.01. The third-order valence-electron chi connectivity index (χ3n) is 2.21. The number of hydrogen-bond donors (Lipinski definition) is 1. The van der Waals surface area contributed by atoms with Crippen molar-refractivity contribution in [3.05, 3.63) is 18.0 Å². The predicted molar refractivity (Wildman–Crippen MR) is 65.2 cm³/mol. The van der Waals surface area contributed by atoms with Gasteiger partial charge in [0.2, 0.25) is 0 Å².